The van der Waals surface area contributed by atoms with Crippen LogP contribution in [0.4, 0.5) is 0 Å². The van der Waals surface area contributed by atoms with Crippen LogP contribution in [0.25, 0.3) is 0 Å². The first-order valence-electron chi connectivity index (χ1n) is 8.17. The molecule has 1 aliphatic rings. The zero-order valence-electron chi connectivity index (χ0n) is 14.3. The second kappa shape index (κ2) is 8.40. The Kier molecular flexibility index (Phi) is 5.99. The Morgan fingerprint density at radius 3 is 2.92 bits per heavy atom. The molecule has 1 aromatic carbocycles. The van der Waals surface area contributed by atoms with Gasteiger partial charge in [-0.1, -0.05) is 11.6 Å². The van der Waals surface area contributed by atoms with Gasteiger partial charge in [0.2, 0.25) is 0 Å². The number of thiazole rings is 1. The van der Waals surface area contributed by atoms with Gasteiger partial charge in [-0.15, -0.1) is 11.3 Å². The van der Waals surface area contributed by atoms with Gasteiger partial charge in [-0.2, -0.15) is 0 Å². The maximum absolute atomic E-state index is 6.28. The van der Waals surface area contributed by atoms with Gasteiger partial charge in [0.05, 0.1) is 18.1 Å². The Morgan fingerprint density at radius 2 is 2.16 bits per heavy atom. The van der Waals surface area contributed by atoms with Crippen LogP contribution in [0.1, 0.15) is 22.4 Å². The fraction of sp³-hybridized carbons (Fsp3) is 0.412. The van der Waals surface area contributed by atoms with E-state index in [1.54, 1.807) is 11.3 Å². The van der Waals surface area contributed by atoms with Crippen LogP contribution in [0, 0.1) is 6.92 Å². The Balaban J connectivity index is 1.67. The van der Waals surface area contributed by atoms with E-state index in [1.807, 2.05) is 32.2 Å². The van der Waals surface area contributed by atoms with Crippen LogP contribution < -0.4 is 20.1 Å². The van der Waals surface area contributed by atoms with E-state index in [0.717, 1.165) is 23.1 Å². The molecule has 0 spiro atoms. The lowest BCUT2D eigenvalue weighted by Gasteiger charge is -2.20. The van der Waals surface area contributed by atoms with Gasteiger partial charge in [0.1, 0.15) is 18.2 Å². The molecule has 0 saturated heterocycles. The fourth-order valence-electron chi connectivity index (χ4n) is 2.41. The largest absolute Gasteiger partial charge is 0.486 e. The van der Waals surface area contributed by atoms with Crippen molar-refractivity contribution in [2.75, 3.05) is 19.8 Å². The predicted octanol–water partition coefficient (Wildman–Crippen LogP) is 3.13. The fourth-order valence-corrected chi connectivity index (χ4v) is 3.42. The number of benzene rings is 1. The lowest BCUT2D eigenvalue weighted by atomic mass is 10.2. The van der Waals surface area contributed by atoms with E-state index in [9.17, 15) is 0 Å². The molecule has 8 heteroatoms. The van der Waals surface area contributed by atoms with Crippen LogP contribution in [0.5, 0.6) is 11.5 Å². The van der Waals surface area contributed by atoms with E-state index in [-0.39, 0.29) is 0 Å². The van der Waals surface area contributed by atoms with Crippen molar-refractivity contribution in [1.82, 2.24) is 15.6 Å². The number of aliphatic imine (C=N–C) groups is 1. The zero-order chi connectivity index (χ0) is 17.6. The van der Waals surface area contributed by atoms with Gasteiger partial charge in [-0.3, -0.25) is 0 Å². The molecule has 0 fully saturated rings. The average molecular weight is 381 g/mol. The monoisotopic (exact) mass is 380 g/mol. The summed E-state index contributed by atoms with van der Waals surface area (Å²) in [5.74, 6) is 2.03. The van der Waals surface area contributed by atoms with E-state index in [0.29, 0.717) is 42.8 Å². The zero-order valence-corrected chi connectivity index (χ0v) is 15.8. The number of hydrogen-bond donors (Lipinski definition) is 2. The first kappa shape index (κ1) is 17.8. The summed E-state index contributed by atoms with van der Waals surface area (Å²) in [4.78, 5) is 10.2. The van der Waals surface area contributed by atoms with E-state index in [1.165, 1.54) is 4.88 Å². The summed E-state index contributed by atoms with van der Waals surface area (Å²) in [6.45, 7) is 7.06. The standard InChI is InChI=1S/C17H21ClN4O2S/c1-3-19-17(22-10-15-20-8-11(2)25-15)21-9-12-6-13(18)16-14(7-12)23-4-5-24-16/h6-8H,3-5,9-10H2,1-2H3,(H2,19,21,22). The lowest BCUT2D eigenvalue weighted by Crippen LogP contribution is -2.36. The number of halogens is 1. The number of nitrogens with zero attached hydrogens (tertiary/aromatic N) is 2. The predicted molar refractivity (Wildman–Crippen MR) is 101 cm³/mol. The number of ether oxygens (including phenoxy) is 2. The molecule has 0 radical (unpaired) electrons. The van der Waals surface area contributed by atoms with Crippen molar-refractivity contribution in [1.29, 1.82) is 0 Å². The minimum absolute atomic E-state index is 0.489. The summed E-state index contributed by atoms with van der Waals surface area (Å²) >= 11 is 7.95. The first-order chi connectivity index (χ1) is 12.2. The van der Waals surface area contributed by atoms with Gasteiger partial charge < -0.3 is 20.1 Å². The Morgan fingerprint density at radius 1 is 1.32 bits per heavy atom. The number of hydrogen-bond acceptors (Lipinski definition) is 5. The molecule has 0 aliphatic carbocycles. The van der Waals surface area contributed by atoms with Crippen LogP contribution in [0.2, 0.25) is 5.02 Å². The molecular weight excluding hydrogens is 360 g/mol. The van der Waals surface area contributed by atoms with Crippen molar-refractivity contribution >= 4 is 28.9 Å². The van der Waals surface area contributed by atoms with Crippen molar-refractivity contribution in [2.45, 2.75) is 26.9 Å². The Hall–Kier alpha value is -1.99. The molecule has 0 saturated carbocycles. The second-order valence-electron chi connectivity index (χ2n) is 5.52. The molecule has 134 valence electrons. The number of aryl methyl sites for hydroxylation is 1. The number of guanidine groups is 1. The first-order valence-corrected chi connectivity index (χ1v) is 9.36. The van der Waals surface area contributed by atoms with E-state index >= 15 is 0 Å². The molecule has 2 heterocycles. The molecule has 25 heavy (non-hydrogen) atoms. The van der Waals surface area contributed by atoms with E-state index in [2.05, 4.69) is 20.6 Å². The van der Waals surface area contributed by atoms with Gasteiger partial charge in [0.25, 0.3) is 0 Å². The molecule has 2 aromatic rings. The molecular formula is C17H21ClN4O2S. The van der Waals surface area contributed by atoms with Crippen molar-refractivity contribution in [3.05, 3.63) is 38.8 Å². The van der Waals surface area contributed by atoms with Gasteiger partial charge in [-0.25, -0.2) is 9.98 Å². The minimum atomic E-state index is 0.489. The summed E-state index contributed by atoms with van der Waals surface area (Å²) in [6, 6.07) is 3.80. The maximum atomic E-state index is 6.28. The molecule has 0 atom stereocenters. The van der Waals surface area contributed by atoms with E-state index in [4.69, 9.17) is 21.1 Å². The average Bonchev–Trinajstić information content (AvgIpc) is 3.03. The lowest BCUT2D eigenvalue weighted by molar-refractivity contribution is 0.171. The van der Waals surface area contributed by atoms with Crippen LogP contribution in [-0.4, -0.2) is 30.7 Å². The molecule has 0 amide bonds. The molecule has 0 unspecified atom stereocenters. The second-order valence-corrected chi connectivity index (χ2v) is 7.24. The normalized spacial score (nSPS) is 13.6. The molecule has 1 aliphatic heterocycles. The topological polar surface area (TPSA) is 67.8 Å². The highest BCUT2D eigenvalue weighted by Gasteiger charge is 2.16. The SMILES string of the molecule is CCNC(=NCc1cc(Cl)c2c(c1)OCCO2)NCc1ncc(C)s1. The third kappa shape index (κ3) is 4.76. The molecule has 2 N–H and O–H groups in total. The van der Waals surface area contributed by atoms with Crippen LogP contribution in [-0.2, 0) is 13.1 Å². The third-order valence-electron chi connectivity index (χ3n) is 3.50. The number of rotatable bonds is 5. The summed E-state index contributed by atoms with van der Waals surface area (Å²) in [5.41, 5.74) is 0.969. The van der Waals surface area contributed by atoms with Gasteiger partial charge in [0.15, 0.2) is 17.5 Å². The van der Waals surface area contributed by atoms with Crippen LogP contribution >= 0.6 is 22.9 Å². The van der Waals surface area contributed by atoms with Crippen molar-refractivity contribution < 1.29 is 9.47 Å². The highest BCUT2D eigenvalue weighted by atomic mass is 35.5. The van der Waals surface area contributed by atoms with Crippen molar-refractivity contribution in [2.24, 2.45) is 4.99 Å². The quantitative estimate of drug-likeness (QED) is 0.616. The van der Waals surface area contributed by atoms with Gasteiger partial charge in [-0.05, 0) is 31.5 Å². The maximum Gasteiger partial charge on any atom is 0.191 e. The minimum Gasteiger partial charge on any atom is -0.486 e. The smallest absolute Gasteiger partial charge is 0.191 e. The Bertz CT molecular complexity index is 763. The summed E-state index contributed by atoms with van der Waals surface area (Å²) in [7, 11) is 0. The molecule has 1 aromatic heterocycles. The van der Waals surface area contributed by atoms with Gasteiger partial charge in [0, 0.05) is 17.6 Å². The van der Waals surface area contributed by atoms with Crippen LogP contribution in [0.3, 0.4) is 0 Å². The molecule has 6 nitrogen and oxygen atoms in total. The van der Waals surface area contributed by atoms with Gasteiger partial charge >= 0.3 is 0 Å². The third-order valence-corrected chi connectivity index (χ3v) is 4.69. The van der Waals surface area contributed by atoms with Crippen molar-refractivity contribution in [3.63, 3.8) is 0 Å². The highest BCUT2D eigenvalue weighted by Crippen LogP contribution is 2.38. The van der Waals surface area contributed by atoms with E-state index < -0.39 is 0 Å². The number of aromatic nitrogens is 1. The summed E-state index contributed by atoms with van der Waals surface area (Å²) in [5, 5.41) is 8.12. The van der Waals surface area contributed by atoms with Crippen LogP contribution in [0.15, 0.2) is 23.3 Å². The molecule has 3 rings (SSSR count). The number of nitrogens with one attached hydrogen (secondary N) is 2. The molecule has 0 bridgehead atoms. The number of fused-ring (bicyclic) bond motifs is 1. The van der Waals surface area contributed by atoms with Crippen molar-refractivity contribution in [3.8, 4) is 11.5 Å². The highest BCUT2D eigenvalue weighted by molar-refractivity contribution is 7.11. The Labute approximate surface area is 156 Å². The summed E-state index contributed by atoms with van der Waals surface area (Å²) in [6.07, 6.45) is 1.88. The summed E-state index contributed by atoms with van der Waals surface area (Å²) < 4.78 is 11.2.